The summed E-state index contributed by atoms with van der Waals surface area (Å²) in [6, 6.07) is 0. The molecule has 1 N–H and O–H groups in total. The summed E-state index contributed by atoms with van der Waals surface area (Å²) in [6.07, 6.45) is 96.3. The zero-order valence-corrected chi connectivity index (χ0v) is 61.0. The molecule has 90 heavy (non-hydrogen) atoms. The Bertz CT molecular complexity index is 1750. The predicted molar refractivity (Wildman–Crippen MR) is 390 cm³/mol. The molecule has 0 saturated carbocycles. The Balaban J connectivity index is 3.91. The third kappa shape index (κ3) is 74.5. The number of likely N-dealkylation sites (N-methyl/N-ethyl adjacent to an activating group) is 1. The second-order valence-electron chi connectivity index (χ2n) is 27.4. The molecular weight excluding hydrogens is 1130 g/mol. The summed E-state index contributed by atoms with van der Waals surface area (Å²) in [6.45, 7) is 4.35. The van der Waals surface area contributed by atoms with Gasteiger partial charge in [0.1, 0.15) is 19.8 Å². The molecule has 0 aromatic rings. The molecule has 0 aliphatic carbocycles. The number of rotatable bonds is 72. The number of quaternary nitrogens is 1. The molecular formula is C80H149NO8P+. The minimum Gasteiger partial charge on any atom is -0.462 e. The van der Waals surface area contributed by atoms with Gasteiger partial charge in [-0.1, -0.05) is 369 Å². The number of ether oxygens (including phenoxy) is 2. The van der Waals surface area contributed by atoms with E-state index in [-0.39, 0.29) is 32.0 Å². The smallest absolute Gasteiger partial charge is 0.462 e. The first-order valence-corrected chi connectivity index (χ1v) is 40.2. The highest BCUT2D eigenvalue weighted by Gasteiger charge is 2.27. The van der Waals surface area contributed by atoms with E-state index in [1.54, 1.807) is 0 Å². The Morgan fingerprint density at radius 2 is 0.633 bits per heavy atom. The van der Waals surface area contributed by atoms with Gasteiger partial charge in [0, 0.05) is 12.8 Å². The summed E-state index contributed by atoms with van der Waals surface area (Å²) in [4.78, 5) is 35.9. The van der Waals surface area contributed by atoms with Crippen LogP contribution in [0.5, 0.6) is 0 Å². The van der Waals surface area contributed by atoms with E-state index in [2.05, 4.69) is 86.8 Å². The molecule has 0 fully saturated rings. The molecule has 0 aromatic heterocycles. The number of allylic oxidation sites excluding steroid dienone is 12. The molecule has 2 unspecified atom stereocenters. The number of esters is 2. The van der Waals surface area contributed by atoms with Crippen LogP contribution in [-0.4, -0.2) is 74.9 Å². The Kier molecular flexibility index (Phi) is 68.8. The SMILES string of the molecule is CC/C=C\C/C=C\C/C=C\C/C=C\C/C=C\C/C=C\CCCCCCCCC(=O)OC(COC(=O)CCCCCCCCCCCCCCCCCCCCCCCCCCCCCCCCCCCCCCCCCCC)COP(=O)(O)OCC[N+](C)(C)C. The molecule has 0 spiro atoms. The topological polar surface area (TPSA) is 108 Å². The van der Waals surface area contributed by atoms with Crippen LogP contribution >= 0.6 is 7.82 Å². The average Bonchev–Trinajstić information content (AvgIpc) is 3.58. The normalized spacial score (nSPS) is 13.4. The van der Waals surface area contributed by atoms with Crippen LogP contribution in [0.2, 0.25) is 0 Å². The van der Waals surface area contributed by atoms with Gasteiger partial charge in [-0.05, 0) is 64.2 Å². The summed E-state index contributed by atoms with van der Waals surface area (Å²) >= 11 is 0. The molecule has 9 nitrogen and oxygen atoms in total. The average molecular weight is 1280 g/mol. The first kappa shape index (κ1) is 87.5. The standard InChI is InChI=1S/C80H148NO8P/c1-6-8-10-12-14-16-18-20-22-24-26-28-30-32-33-34-35-36-37-38-39-40-41-42-43-44-45-46-47-49-50-52-54-56-58-60-62-64-66-68-70-72-79(82)86-76-78(77-88-90(84,85)87-75-74-81(3,4)5)89-80(83)73-71-69-67-65-63-61-59-57-55-53-51-48-31-29-27-25-23-21-19-17-15-13-11-9-7-2/h9,11,15,17,21,23,27,29,48,51,55,57,78H,6-8,10,12-14,16,18-20,22,24-26,28,30-47,49-50,52-54,56,58-77H2,1-5H3/p+1/b11-9-,17-15-,23-21-,29-27-,51-48-,57-55-. The van der Waals surface area contributed by atoms with Gasteiger partial charge in [0.25, 0.3) is 0 Å². The Hall–Kier alpha value is -2.55. The van der Waals surface area contributed by atoms with E-state index in [1.807, 2.05) is 21.1 Å². The highest BCUT2D eigenvalue weighted by Crippen LogP contribution is 2.43. The van der Waals surface area contributed by atoms with Crippen LogP contribution in [0.3, 0.4) is 0 Å². The minimum atomic E-state index is -4.40. The fourth-order valence-electron chi connectivity index (χ4n) is 11.4. The number of hydrogen-bond acceptors (Lipinski definition) is 7. The van der Waals surface area contributed by atoms with Crippen LogP contribution in [0.1, 0.15) is 373 Å². The van der Waals surface area contributed by atoms with Gasteiger partial charge in [-0.2, -0.15) is 0 Å². The van der Waals surface area contributed by atoms with Gasteiger partial charge in [-0.3, -0.25) is 18.6 Å². The fourth-order valence-corrected chi connectivity index (χ4v) is 12.1. The van der Waals surface area contributed by atoms with Gasteiger partial charge in [0.15, 0.2) is 6.10 Å². The zero-order valence-electron chi connectivity index (χ0n) is 60.1. The number of phosphoric ester groups is 1. The lowest BCUT2D eigenvalue weighted by Gasteiger charge is -2.24. The predicted octanol–water partition coefficient (Wildman–Crippen LogP) is 25.5. The Morgan fingerprint density at radius 3 is 0.944 bits per heavy atom. The number of nitrogens with zero attached hydrogens (tertiary/aromatic N) is 1. The van der Waals surface area contributed by atoms with E-state index in [9.17, 15) is 19.0 Å². The molecule has 2 atom stereocenters. The quantitative estimate of drug-likeness (QED) is 0.0211. The summed E-state index contributed by atoms with van der Waals surface area (Å²) in [5, 5.41) is 0. The molecule has 526 valence electrons. The molecule has 0 rings (SSSR count). The Labute approximate surface area is 559 Å². The van der Waals surface area contributed by atoms with Crippen molar-refractivity contribution >= 4 is 19.8 Å². The second-order valence-corrected chi connectivity index (χ2v) is 28.8. The van der Waals surface area contributed by atoms with Crippen molar-refractivity contribution in [3.63, 3.8) is 0 Å². The molecule has 0 aliphatic heterocycles. The highest BCUT2D eigenvalue weighted by atomic mass is 31.2. The molecule has 0 bridgehead atoms. The van der Waals surface area contributed by atoms with Crippen LogP contribution in [0.4, 0.5) is 0 Å². The lowest BCUT2D eigenvalue weighted by atomic mass is 10.0. The van der Waals surface area contributed by atoms with Gasteiger partial charge in [0.2, 0.25) is 0 Å². The lowest BCUT2D eigenvalue weighted by Crippen LogP contribution is -2.37. The molecule has 0 amide bonds. The summed E-state index contributed by atoms with van der Waals surface area (Å²) in [5.41, 5.74) is 0. The number of carbonyl (C=O) groups excluding carboxylic acids is 2. The van der Waals surface area contributed by atoms with Crippen molar-refractivity contribution in [3.8, 4) is 0 Å². The minimum absolute atomic E-state index is 0.0268. The van der Waals surface area contributed by atoms with Gasteiger partial charge >= 0.3 is 19.8 Å². The summed E-state index contributed by atoms with van der Waals surface area (Å²) in [5.74, 6) is -0.803. The number of phosphoric acid groups is 1. The van der Waals surface area contributed by atoms with Crippen molar-refractivity contribution < 1.29 is 42.1 Å². The maximum absolute atomic E-state index is 12.9. The lowest BCUT2D eigenvalue weighted by molar-refractivity contribution is -0.870. The summed E-state index contributed by atoms with van der Waals surface area (Å²) < 4.78 is 34.7. The van der Waals surface area contributed by atoms with Crippen LogP contribution in [-0.2, 0) is 32.7 Å². The van der Waals surface area contributed by atoms with E-state index in [0.29, 0.717) is 17.4 Å². The van der Waals surface area contributed by atoms with Crippen molar-refractivity contribution in [1.29, 1.82) is 0 Å². The second kappa shape index (κ2) is 70.8. The van der Waals surface area contributed by atoms with E-state index >= 15 is 0 Å². The maximum Gasteiger partial charge on any atom is 0.472 e. The monoisotopic (exact) mass is 1280 g/mol. The van der Waals surface area contributed by atoms with E-state index in [0.717, 1.165) is 96.3 Å². The first-order valence-electron chi connectivity index (χ1n) is 38.7. The van der Waals surface area contributed by atoms with Crippen LogP contribution in [0.15, 0.2) is 72.9 Å². The van der Waals surface area contributed by atoms with E-state index < -0.39 is 26.5 Å². The van der Waals surface area contributed by atoms with Crippen LogP contribution < -0.4 is 0 Å². The first-order chi connectivity index (χ1) is 44.0. The van der Waals surface area contributed by atoms with Crippen molar-refractivity contribution in [2.75, 3.05) is 47.5 Å². The largest absolute Gasteiger partial charge is 0.472 e. The molecule has 0 aliphatic rings. The molecule has 0 heterocycles. The van der Waals surface area contributed by atoms with Crippen molar-refractivity contribution in [3.05, 3.63) is 72.9 Å². The van der Waals surface area contributed by atoms with Crippen molar-refractivity contribution in [2.24, 2.45) is 0 Å². The van der Waals surface area contributed by atoms with Gasteiger partial charge in [-0.25, -0.2) is 4.57 Å². The third-order valence-electron chi connectivity index (χ3n) is 17.3. The van der Waals surface area contributed by atoms with Gasteiger partial charge in [-0.15, -0.1) is 0 Å². The van der Waals surface area contributed by atoms with Crippen molar-refractivity contribution in [1.82, 2.24) is 0 Å². The number of carbonyl (C=O) groups is 2. The van der Waals surface area contributed by atoms with Crippen LogP contribution in [0, 0.1) is 0 Å². The molecule has 0 radical (unpaired) electrons. The number of hydrogen-bond donors (Lipinski definition) is 1. The number of unbranched alkanes of at least 4 members (excludes halogenated alkanes) is 46. The van der Waals surface area contributed by atoms with Gasteiger partial charge in [0.05, 0.1) is 27.7 Å². The van der Waals surface area contributed by atoms with Crippen molar-refractivity contribution in [2.45, 2.75) is 380 Å². The maximum atomic E-state index is 12.9. The van der Waals surface area contributed by atoms with E-state index in [4.69, 9.17) is 18.5 Å². The Morgan fingerprint density at radius 1 is 0.356 bits per heavy atom. The molecule has 10 heteroatoms. The third-order valence-corrected chi connectivity index (χ3v) is 18.2. The zero-order chi connectivity index (χ0) is 65.5. The van der Waals surface area contributed by atoms with Gasteiger partial charge < -0.3 is 18.9 Å². The summed E-state index contributed by atoms with van der Waals surface area (Å²) in [7, 11) is 1.47. The molecule has 0 aromatic carbocycles. The van der Waals surface area contributed by atoms with E-state index in [1.165, 1.54) is 244 Å². The van der Waals surface area contributed by atoms with Crippen LogP contribution in [0.25, 0.3) is 0 Å². The molecule has 0 saturated heterocycles. The fraction of sp³-hybridized carbons (Fsp3) is 0.825. The highest BCUT2D eigenvalue weighted by molar-refractivity contribution is 7.47.